The molecule has 1 spiro atoms. The lowest BCUT2D eigenvalue weighted by Gasteiger charge is -2.41. The average molecular weight is 619 g/mol. The zero-order valence-electron chi connectivity index (χ0n) is 22.5. The Morgan fingerprint density at radius 2 is 1.67 bits per heavy atom. The summed E-state index contributed by atoms with van der Waals surface area (Å²) in [6, 6.07) is 14.6. The van der Waals surface area contributed by atoms with Gasteiger partial charge in [-0.2, -0.15) is 0 Å². The summed E-state index contributed by atoms with van der Waals surface area (Å²) in [4.78, 5) is 13.2. The number of alkyl halides is 2. The number of carbonyl (C=O) groups is 1. The first-order valence-electron chi connectivity index (χ1n) is 13.7. The van der Waals surface area contributed by atoms with Gasteiger partial charge in [0.05, 0.1) is 28.1 Å². The summed E-state index contributed by atoms with van der Waals surface area (Å²) in [5, 5.41) is 2.69. The molecule has 1 aliphatic carbocycles. The molecule has 3 aromatic rings. The van der Waals surface area contributed by atoms with Crippen LogP contribution in [0.15, 0.2) is 71.6 Å². The zero-order valence-corrected chi connectivity index (χ0v) is 24.1. The molecule has 42 heavy (non-hydrogen) atoms. The molecule has 2 fully saturated rings. The van der Waals surface area contributed by atoms with Crippen LogP contribution < -0.4 is 9.62 Å². The Morgan fingerprint density at radius 1 is 1.00 bits per heavy atom. The molecule has 1 atom stereocenters. The summed E-state index contributed by atoms with van der Waals surface area (Å²) in [6.45, 7) is -0.129. The van der Waals surface area contributed by atoms with Crippen molar-refractivity contribution in [1.82, 2.24) is 5.32 Å². The van der Waals surface area contributed by atoms with Crippen molar-refractivity contribution < 1.29 is 34.8 Å². The third-order valence-corrected chi connectivity index (χ3v) is 12.2. The van der Waals surface area contributed by atoms with Crippen molar-refractivity contribution in [3.8, 4) is 0 Å². The minimum Gasteiger partial charge on any atom is -0.348 e. The van der Waals surface area contributed by atoms with Crippen LogP contribution in [0.2, 0.25) is 0 Å². The van der Waals surface area contributed by atoms with Crippen LogP contribution in [0.25, 0.3) is 0 Å². The highest BCUT2D eigenvalue weighted by Crippen LogP contribution is 2.59. The fourth-order valence-electron chi connectivity index (χ4n) is 6.51. The smallest absolute Gasteiger partial charge is 0.264 e. The molecule has 2 heterocycles. The monoisotopic (exact) mass is 618 g/mol. The Hall–Kier alpha value is -3.38. The lowest BCUT2D eigenvalue weighted by atomic mass is 9.70. The van der Waals surface area contributed by atoms with Gasteiger partial charge in [-0.15, -0.1) is 0 Å². The number of nitrogens with one attached hydrogen (secondary N) is 1. The standard InChI is InChI=1S/C30H29F3N2O5S2/c31-22-8-10-23(11-9-22)42(39,40)35-26-12-7-20(29(36)34-18-21-3-1-2-4-24(21)28(32)33)17-25(26)30(27(35)19-5-6-19)13-15-41(37,38)16-14-30/h1-4,7-12,17,19,27-28H,5-6,13-16,18H2,(H,34,36). The fraction of sp³-hybridized carbons (Fsp3) is 0.367. The van der Waals surface area contributed by atoms with Crippen molar-refractivity contribution in [3.63, 3.8) is 0 Å². The molecule has 3 aliphatic rings. The first kappa shape index (κ1) is 28.7. The summed E-state index contributed by atoms with van der Waals surface area (Å²) >= 11 is 0. The predicted molar refractivity (Wildman–Crippen MR) is 151 cm³/mol. The minimum atomic E-state index is -4.17. The van der Waals surface area contributed by atoms with Gasteiger partial charge >= 0.3 is 0 Å². The van der Waals surface area contributed by atoms with Crippen LogP contribution in [0.1, 0.15) is 59.2 Å². The topological polar surface area (TPSA) is 101 Å². The molecule has 2 aliphatic heterocycles. The van der Waals surface area contributed by atoms with E-state index in [0.717, 1.165) is 25.0 Å². The highest BCUT2D eigenvalue weighted by Gasteiger charge is 2.60. The van der Waals surface area contributed by atoms with Crippen LogP contribution in [-0.4, -0.2) is 40.3 Å². The number of sulfone groups is 1. The van der Waals surface area contributed by atoms with Gasteiger partial charge in [-0.05, 0) is 85.2 Å². The number of carbonyl (C=O) groups excluding carboxylic acids is 1. The SMILES string of the molecule is O=C(NCc1ccccc1C(F)F)c1ccc2c(c1)C1(CCS(=O)(=O)CC1)C(C1CC1)N2S(=O)(=O)c1ccc(F)cc1. The van der Waals surface area contributed by atoms with Crippen LogP contribution in [0, 0.1) is 11.7 Å². The summed E-state index contributed by atoms with van der Waals surface area (Å²) < 4.78 is 95.2. The summed E-state index contributed by atoms with van der Waals surface area (Å²) in [5.41, 5.74) is 0.430. The Bertz CT molecular complexity index is 1740. The normalized spacial score (nSPS) is 21.0. The van der Waals surface area contributed by atoms with Gasteiger partial charge in [0.1, 0.15) is 15.7 Å². The van der Waals surface area contributed by atoms with E-state index in [-0.39, 0.29) is 58.4 Å². The largest absolute Gasteiger partial charge is 0.348 e. The summed E-state index contributed by atoms with van der Waals surface area (Å²) in [5.74, 6) is -1.32. The van der Waals surface area contributed by atoms with Crippen LogP contribution in [0.4, 0.5) is 18.9 Å². The number of nitrogens with zero attached hydrogens (tertiary/aromatic N) is 1. The van der Waals surface area contributed by atoms with Gasteiger partial charge in [-0.1, -0.05) is 24.3 Å². The van der Waals surface area contributed by atoms with E-state index in [2.05, 4.69) is 5.32 Å². The molecule has 1 N–H and O–H groups in total. The summed E-state index contributed by atoms with van der Waals surface area (Å²) in [7, 11) is -7.49. The number of anilines is 1. The first-order valence-corrected chi connectivity index (χ1v) is 17.0. The Labute approximate surface area is 242 Å². The van der Waals surface area contributed by atoms with E-state index < -0.39 is 49.5 Å². The number of halogens is 3. The highest BCUT2D eigenvalue weighted by atomic mass is 32.2. The molecule has 3 aromatic carbocycles. The highest BCUT2D eigenvalue weighted by molar-refractivity contribution is 7.93. The second-order valence-electron chi connectivity index (χ2n) is 11.3. The van der Waals surface area contributed by atoms with E-state index in [1.807, 2.05) is 0 Å². The van der Waals surface area contributed by atoms with Gasteiger partial charge in [0.2, 0.25) is 0 Å². The fourth-order valence-corrected chi connectivity index (χ4v) is 9.86. The average Bonchev–Trinajstić information content (AvgIpc) is 3.76. The van der Waals surface area contributed by atoms with Crippen molar-refractivity contribution in [3.05, 3.63) is 94.8 Å². The third kappa shape index (κ3) is 4.98. The van der Waals surface area contributed by atoms with Gasteiger partial charge in [0.25, 0.3) is 22.4 Å². The maximum Gasteiger partial charge on any atom is 0.264 e. The van der Waals surface area contributed by atoms with E-state index in [1.165, 1.54) is 40.7 Å². The van der Waals surface area contributed by atoms with Crippen molar-refractivity contribution in [2.75, 3.05) is 15.8 Å². The lowest BCUT2D eigenvalue weighted by molar-refractivity contribution is 0.0949. The molecule has 0 radical (unpaired) electrons. The Balaban J connectivity index is 1.41. The molecule has 0 aromatic heterocycles. The van der Waals surface area contributed by atoms with Crippen LogP contribution >= 0.6 is 0 Å². The molecule has 0 bridgehead atoms. The van der Waals surface area contributed by atoms with E-state index in [1.54, 1.807) is 18.2 Å². The van der Waals surface area contributed by atoms with E-state index in [0.29, 0.717) is 11.3 Å². The minimum absolute atomic E-state index is 0.00319. The molecule has 12 heteroatoms. The third-order valence-electron chi connectivity index (χ3n) is 8.74. The van der Waals surface area contributed by atoms with Crippen molar-refractivity contribution >= 4 is 31.5 Å². The van der Waals surface area contributed by atoms with E-state index in [9.17, 15) is 34.8 Å². The number of sulfonamides is 1. The number of rotatable bonds is 7. The van der Waals surface area contributed by atoms with Gasteiger partial charge in [0, 0.05) is 23.1 Å². The van der Waals surface area contributed by atoms with Gasteiger partial charge in [-0.25, -0.2) is 30.0 Å². The Morgan fingerprint density at radius 3 is 2.31 bits per heavy atom. The lowest BCUT2D eigenvalue weighted by Crippen LogP contribution is -2.52. The predicted octanol–water partition coefficient (Wildman–Crippen LogP) is 5.13. The quantitative estimate of drug-likeness (QED) is 0.396. The molecular formula is C30H29F3N2O5S2. The number of hydrogen-bond donors (Lipinski definition) is 1. The first-order chi connectivity index (χ1) is 19.9. The Kier molecular flexibility index (Phi) is 7.12. The van der Waals surface area contributed by atoms with Gasteiger partial charge in [-0.3, -0.25) is 9.10 Å². The zero-order chi connectivity index (χ0) is 29.9. The number of hydrogen-bond acceptors (Lipinski definition) is 5. The van der Waals surface area contributed by atoms with Crippen molar-refractivity contribution in [2.24, 2.45) is 5.92 Å². The summed E-state index contributed by atoms with van der Waals surface area (Å²) in [6.07, 6.45) is -0.745. The van der Waals surface area contributed by atoms with E-state index in [4.69, 9.17) is 0 Å². The molecular weight excluding hydrogens is 589 g/mol. The molecule has 222 valence electrons. The second kappa shape index (κ2) is 10.4. The number of fused-ring (bicyclic) bond motifs is 2. The van der Waals surface area contributed by atoms with Crippen LogP contribution in [0.3, 0.4) is 0 Å². The van der Waals surface area contributed by atoms with Crippen LogP contribution in [-0.2, 0) is 31.8 Å². The van der Waals surface area contributed by atoms with Crippen molar-refractivity contribution in [2.45, 2.75) is 55.0 Å². The molecule has 1 amide bonds. The maximum atomic E-state index is 14.1. The molecule has 1 saturated carbocycles. The molecule has 1 saturated heterocycles. The molecule has 1 unspecified atom stereocenters. The van der Waals surface area contributed by atoms with Gasteiger partial charge in [0.15, 0.2) is 0 Å². The number of benzene rings is 3. The van der Waals surface area contributed by atoms with E-state index >= 15 is 0 Å². The maximum absolute atomic E-state index is 14.1. The second-order valence-corrected chi connectivity index (χ2v) is 15.4. The van der Waals surface area contributed by atoms with Gasteiger partial charge < -0.3 is 5.32 Å². The molecule has 6 rings (SSSR count). The molecule has 7 nitrogen and oxygen atoms in total. The van der Waals surface area contributed by atoms with Crippen molar-refractivity contribution in [1.29, 1.82) is 0 Å². The number of amides is 1. The van der Waals surface area contributed by atoms with Crippen LogP contribution in [0.5, 0.6) is 0 Å².